The van der Waals surface area contributed by atoms with Crippen LogP contribution in [0.1, 0.15) is 13.8 Å². The number of halogens is 1. The van der Waals surface area contributed by atoms with Crippen LogP contribution >= 0.6 is 12.2 Å². The molecule has 9 nitrogen and oxygen atoms in total. The van der Waals surface area contributed by atoms with E-state index in [1.165, 1.54) is 15.3 Å². The number of carbonyl (C=O) groups excluding carboxylic acids is 1. The Balaban J connectivity index is 1.62. The van der Waals surface area contributed by atoms with Gasteiger partial charge in [0.25, 0.3) is 0 Å². The molecule has 1 N–H and O–H groups in total. The summed E-state index contributed by atoms with van der Waals surface area (Å²) in [7, 11) is -3.61. The molecule has 2 aliphatic heterocycles. The van der Waals surface area contributed by atoms with Crippen molar-refractivity contribution in [1.82, 2.24) is 9.62 Å². The number of hydrogen-bond acceptors (Lipinski definition) is 7. The number of cyclic esters (lactones) is 1. The zero-order valence-corrected chi connectivity index (χ0v) is 19.6. The number of hydrogen-bond donors (Lipinski definition) is 1. The van der Waals surface area contributed by atoms with Crippen LogP contribution in [0.4, 0.5) is 20.6 Å². The third kappa shape index (κ3) is 5.46. The molecular formula is C20H26FN5O4S2. The second kappa shape index (κ2) is 9.97. The molecule has 2 fully saturated rings. The summed E-state index contributed by atoms with van der Waals surface area (Å²) in [4.78, 5) is 16.1. The third-order valence-corrected chi connectivity index (χ3v) is 7.63. The van der Waals surface area contributed by atoms with Crippen molar-refractivity contribution in [3.8, 4) is 6.07 Å². The zero-order valence-electron chi connectivity index (χ0n) is 18.0. The number of nitrogens with zero attached hydrogens (tertiary/aromatic N) is 4. The van der Waals surface area contributed by atoms with Gasteiger partial charge in [-0.15, -0.1) is 0 Å². The Kier molecular flexibility index (Phi) is 7.53. The summed E-state index contributed by atoms with van der Waals surface area (Å²) in [6.07, 6.45) is -0.943. The number of sulfonamides is 1. The monoisotopic (exact) mass is 483 g/mol. The van der Waals surface area contributed by atoms with Gasteiger partial charge in [0.2, 0.25) is 10.0 Å². The Hall–Kier alpha value is -2.49. The first kappa shape index (κ1) is 24.2. The van der Waals surface area contributed by atoms with Gasteiger partial charge in [-0.3, -0.25) is 4.90 Å². The minimum Gasteiger partial charge on any atom is -0.442 e. The van der Waals surface area contributed by atoms with E-state index in [1.54, 1.807) is 23.1 Å². The maximum atomic E-state index is 14.9. The van der Waals surface area contributed by atoms with Gasteiger partial charge in [0.1, 0.15) is 11.9 Å². The Bertz CT molecular complexity index is 1020. The molecular weight excluding hydrogens is 457 g/mol. The Morgan fingerprint density at radius 1 is 1.34 bits per heavy atom. The van der Waals surface area contributed by atoms with Crippen molar-refractivity contribution in [2.24, 2.45) is 5.92 Å². The molecule has 1 amide bonds. The first-order valence-corrected chi connectivity index (χ1v) is 12.3. The van der Waals surface area contributed by atoms with Crippen LogP contribution in [0.2, 0.25) is 0 Å². The lowest BCUT2D eigenvalue weighted by atomic mass is 10.2. The van der Waals surface area contributed by atoms with Crippen LogP contribution in [-0.4, -0.2) is 74.9 Å². The average molecular weight is 484 g/mol. The molecule has 174 valence electrons. The van der Waals surface area contributed by atoms with Gasteiger partial charge in [-0.25, -0.2) is 17.6 Å². The minimum absolute atomic E-state index is 0.177. The molecule has 1 atom stereocenters. The first-order valence-electron chi connectivity index (χ1n) is 10.3. The van der Waals surface area contributed by atoms with Crippen molar-refractivity contribution in [2.45, 2.75) is 20.0 Å². The zero-order chi connectivity index (χ0) is 23.5. The molecule has 2 heterocycles. The lowest BCUT2D eigenvalue weighted by Crippen LogP contribution is -2.49. The molecule has 3 rings (SSSR count). The van der Waals surface area contributed by atoms with E-state index in [2.05, 4.69) is 5.32 Å². The quantitative estimate of drug-likeness (QED) is 0.584. The fraction of sp³-hybridized carbons (Fsp3) is 0.550. The molecule has 0 radical (unpaired) electrons. The van der Waals surface area contributed by atoms with Crippen LogP contribution in [-0.2, 0) is 14.8 Å². The van der Waals surface area contributed by atoms with Crippen molar-refractivity contribution in [1.29, 1.82) is 5.26 Å². The van der Waals surface area contributed by atoms with Gasteiger partial charge in [-0.1, -0.05) is 26.1 Å². The van der Waals surface area contributed by atoms with E-state index in [9.17, 15) is 17.6 Å². The van der Waals surface area contributed by atoms with Gasteiger partial charge in [0.05, 0.1) is 35.5 Å². The van der Waals surface area contributed by atoms with E-state index >= 15 is 0 Å². The topological polar surface area (TPSA) is 106 Å². The molecule has 2 saturated heterocycles. The molecule has 1 aromatic carbocycles. The van der Waals surface area contributed by atoms with E-state index < -0.39 is 33.8 Å². The largest absolute Gasteiger partial charge is 0.442 e. The highest BCUT2D eigenvalue weighted by atomic mass is 32.2. The van der Waals surface area contributed by atoms with Crippen LogP contribution in [0.3, 0.4) is 0 Å². The smallest absolute Gasteiger partial charge is 0.414 e. The molecule has 0 spiro atoms. The van der Waals surface area contributed by atoms with Crippen molar-refractivity contribution in [3.05, 3.63) is 24.0 Å². The van der Waals surface area contributed by atoms with Crippen molar-refractivity contribution < 1.29 is 22.3 Å². The van der Waals surface area contributed by atoms with Crippen LogP contribution in [0.15, 0.2) is 18.2 Å². The molecule has 0 aliphatic carbocycles. The number of amides is 1. The van der Waals surface area contributed by atoms with Gasteiger partial charge in [-0.05, 0) is 18.2 Å². The first-order chi connectivity index (χ1) is 15.1. The molecule has 0 aromatic heterocycles. The lowest BCUT2D eigenvalue weighted by Gasteiger charge is -2.35. The SMILES string of the molecule is CC(C)C(=S)NCC1CN(c2ccc(N3CCN(S(=O)(=O)CC#N)CC3)c(F)c2)C(=O)O1. The van der Waals surface area contributed by atoms with Crippen molar-refractivity contribution in [3.63, 3.8) is 0 Å². The molecule has 0 saturated carbocycles. The predicted molar refractivity (Wildman–Crippen MR) is 123 cm³/mol. The van der Waals surface area contributed by atoms with Gasteiger partial charge in [0.15, 0.2) is 5.75 Å². The van der Waals surface area contributed by atoms with Crippen LogP contribution in [0.25, 0.3) is 0 Å². The number of carbonyl (C=O) groups is 1. The molecule has 32 heavy (non-hydrogen) atoms. The number of piperazine rings is 1. The van der Waals surface area contributed by atoms with E-state index in [0.717, 1.165) is 0 Å². The predicted octanol–water partition coefficient (Wildman–Crippen LogP) is 1.70. The Labute approximate surface area is 192 Å². The Morgan fingerprint density at radius 3 is 2.62 bits per heavy atom. The summed E-state index contributed by atoms with van der Waals surface area (Å²) in [5.41, 5.74) is 0.722. The lowest BCUT2D eigenvalue weighted by molar-refractivity contribution is 0.143. The minimum atomic E-state index is -3.61. The van der Waals surface area contributed by atoms with Crippen molar-refractivity contribution >= 4 is 44.7 Å². The van der Waals surface area contributed by atoms with Gasteiger partial charge < -0.3 is 15.0 Å². The second-order valence-electron chi connectivity index (χ2n) is 7.95. The fourth-order valence-corrected chi connectivity index (χ4v) is 4.71. The van der Waals surface area contributed by atoms with Crippen molar-refractivity contribution in [2.75, 3.05) is 54.8 Å². The highest BCUT2D eigenvalue weighted by molar-refractivity contribution is 7.89. The fourth-order valence-electron chi connectivity index (χ4n) is 3.56. The number of rotatable bonds is 7. The van der Waals surface area contributed by atoms with E-state index in [4.69, 9.17) is 22.2 Å². The van der Waals surface area contributed by atoms with Gasteiger partial charge in [0, 0.05) is 32.1 Å². The van der Waals surface area contributed by atoms with E-state index in [1.807, 2.05) is 13.8 Å². The highest BCUT2D eigenvalue weighted by Gasteiger charge is 2.33. The average Bonchev–Trinajstić information content (AvgIpc) is 3.12. The molecule has 0 bridgehead atoms. The summed E-state index contributed by atoms with van der Waals surface area (Å²) in [5, 5.41) is 11.7. The van der Waals surface area contributed by atoms with Crippen LogP contribution in [0.5, 0.6) is 0 Å². The summed E-state index contributed by atoms with van der Waals surface area (Å²) < 4.78 is 45.5. The number of ether oxygens (including phenoxy) is 1. The normalized spacial score (nSPS) is 19.7. The third-order valence-electron chi connectivity index (χ3n) is 5.37. The van der Waals surface area contributed by atoms with Gasteiger partial charge >= 0.3 is 6.09 Å². The standard InChI is InChI=1S/C20H26FN5O4S2/c1-14(2)19(31)23-12-16-13-26(20(27)30-16)15-3-4-18(17(21)11-15)24-6-8-25(9-7-24)32(28,29)10-5-22/h3-4,11,14,16H,6-10,12-13H2,1-2H3,(H,23,31). The summed E-state index contributed by atoms with van der Waals surface area (Å²) in [6, 6.07) is 6.17. The number of nitriles is 1. The van der Waals surface area contributed by atoms with E-state index in [-0.39, 0.29) is 25.6 Å². The number of nitrogens with one attached hydrogen (secondary N) is 1. The van der Waals surface area contributed by atoms with Gasteiger partial charge in [-0.2, -0.15) is 9.57 Å². The summed E-state index contributed by atoms with van der Waals surface area (Å²) in [5.74, 6) is -0.888. The van der Waals surface area contributed by atoms with Crippen LogP contribution in [0, 0.1) is 23.1 Å². The molecule has 1 aromatic rings. The number of benzene rings is 1. The van der Waals surface area contributed by atoms with Crippen LogP contribution < -0.4 is 15.1 Å². The molecule has 2 aliphatic rings. The maximum absolute atomic E-state index is 14.9. The highest BCUT2D eigenvalue weighted by Crippen LogP contribution is 2.28. The number of anilines is 2. The van der Waals surface area contributed by atoms with E-state index in [0.29, 0.717) is 36.0 Å². The summed E-state index contributed by atoms with van der Waals surface area (Å²) in [6.45, 7) is 5.56. The maximum Gasteiger partial charge on any atom is 0.414 e. The number of thiocarbonyl (C=S) groups is 1. The summed E-state index contributed by atoms with van der Waals surface area (Å²) >= 11 is 5.23. The molecule has 1 unspecified atom stereocenters. The Morgan fingerprint density at radius 2 is 2.03 bits per heavy atom. The molecule has 12 heteroatoms. The second-order valence-corrected chi connectivity index (χ2v) is 10.4.